The molecule has 12 atom stereocenters. The summed E-state index contributed by atoms with van der Waals surface area (Å²) >= 11 is 0. The Hall–Kier alpha value is -6.49. The first kappa shape index (κ1) is 72.8. The Labute approximate surface area is 504 Å². The maximum Gasteiger partial charge on any atom is 0.312 e. The van der Waals surface area contributed by atoms with Crippen molar-refractivity contribution in [3.63, 3.8) is 0 Å². The molecule has 2 fully saturated rings. The smallest absolute Gasteiger partial charge is 0.312 e. The Morgan fingerprint density at radius 3 is 2.01 bits per heavy atom. The van der Waals surface area contributed by atoms with Gasteiger partial charge in [-0.3, -0.25) is 43.3 Å². The second kappa shape index (κ2) is 36.5. The third-order valence-electron chi connectivity index (χ3n) is 16.4. The molecule has 2 aromatic carbocycles. The molecule has 1 unspecified atom stereocenters. The van der Waals surface area contributed by atoms with Gasteiger partial charge in [0.05, 0.1) is 54.8 Å². The Morgan fingerprint density at radius 2 is 1.46 bits per heavy atom. The number of amides is 10. The summed E-state index contributed by atoms with van der Waals surface area (Å²) in [6.45, 7) is 20.2. The van der Waals surface area contributed by atoms with Crippen molar-refractivity contribution >= 4 is 59.0 Å². The van der Waals surface area contributed by atoms with E-state index >= 15 is 0 Å². The van der Waals surface area contributed by atoms with Gasteiger partial charge in [0.1, 0.15) is 12.1 Å². The van der Waals surface area contributed by atoms with E-state index in [1.165, 1.54) is 4.90 Å². The van der Waals surface area contributed by atoms with Crippen LogP contribution in [-0.2, 0) is 47.8 Å². The van der Waals surface area contributed by atoms with E-state index in [-0.39, 0.29) is 109 Å². The highest BCUT2D eigenvalue weighted by Crippen LogP contribution is 2.30. The van der Waals surface area contributed by atoms with E-state index in [0.717, 1.165) is 24.0 Å². The summed E-state index contributed by atoms with van der Waals surface area (Å²) in [6.07, 6.45) is 3.44. The number of hydrogen-bond acceptors (Lipinski definition) is 13. The molecule has 22 nitrogen and oxygen atoms in total. The van der Waals surface area contributed by atoms with Crippen LogP contribution >= 0.6 is 0 Å². The highest BCUT2D eigenvalue weighted by Gasteiger charge is 2.43. The Bertz CT molecular complexity index is 2460. The minimum atomic E-state index is -0.907. The molecule has 85 heavy (non-hydrogen) atoms. The molecule has 2 aliphatic rings. The van der Waals surface area contributed by atoms with Crippen molar-refractivity contribution in [3.8, 4) is 0 Å². The molecular formula is C63H102N10O12. The van der Waals surface area contributed by atoms with Crippen LogP contribution < -0.4 is 37.6 Å². The second-order valence-corrected chi connectivity index (χ2v) is 23.7. The molecule has 2 aliphatic heterocycles. The zero-order valence-corrected chi connectivity index (χ0v) is 53.0. The molecule has 22 heteroatoms. The van der Waals surface area contributed by atoms with E-state index in [9.17, 15) is 48.3 Å². The van der Waals surface area contributed by atoms with Gasteiger partial charge in [-0.15, -0.1) is 0 Å². The number of imide groups is 1. The highest BCUT2D eigenvalue weighted by molar-refractivity contribution is 6.03. The number of benzene rings is 2. The van der Waals surface area contributed by atoms with Gasteiger partial charge in [-0.1, -0.05) is 116 Å². The first-order valence-corrected chi connectivity index (χ1v) is 30.4. The quantitative estimate of drug-likeness (QED) is 0.0331. The van der Waals surface area contributed by atoms with Crippen LogP contribution in [0.3, 0.4) is 0 Å². The van der Waals surface area contributed by atoms with Crippen LogP contribution in [0.25, 0.3) is 0 Å². The monoisotopic (exact) mass is 1190 g/mol. The Balaban J connectivity index is 0.000000446. The molecule has 0 bridgehead atoms. The maximum absolute atomic E-state index is 13.9. The molecule has 4 rings (SSSR count). The molecule has 0 saturated carbocycles. The first-order valence-electron chi connectivity index (χ1n) is 30.4. The average Bonchev–Trinajstić information content (AvgIpc) is 4.06. The molecule has 2 saturated heterocycles. The predicted octanol–water partition coefficient (Wildman–Crippen LogP) is 5.35. The number of hydrogen-bond donors (Lipinski definition) is 8. The number of methoxy groups -OCH3 is 2. The van der Waals surface area contributed by atoms with Crippen molar-refractivity contribution < 1.29 is 57.7 Å². The number of carbonyl (C=O) groups excluding carboxylic acids is 9. The number of nitrogens with two attached hydrogens (primary N) is 1. The number of likely N-dealkylation sites (tertiary alicyclic amines) is 2. The lowest BCUT2D eigenvalue weighted by atomic mass is 9.89. The number of nitrogens with zero attached hydrogens (tertiary/aromatic N) is 3. The lowest BCUT2D eigenvalue weighted by Gasteiger charge is -2.40. The third-order valence-corrected chi connectivity index (χ3v) is 16.4. The summed E-state index contributed by atoms with van der Waals surface area (Å²) in [7, 11) is 6.76. The standard InChI is InChI=1S/C34H58N4O6.C29H44N6O6/c1-11-22(4)30(37(8)34(42)29(35-7)21(2)3)27(43-9)20-28(39)38-19-15-18-26(38)32(44-10)23(5)33(41)36-24(6)31(40)25-16-13-12-14-17-25;1-18(2)25(34-23(36)10-6-5-7-16-35-24(37)17-20(4)28(35)40)27(39)33-22(9-8-15-31-29(30)41)26(38)32-21-13-11-19(3)12-14-21/h12-14,16-17,21-24,26-27,29-32,35,40H,11,15,18-20H2,1-10H3,(H,36,41);11-14,18,20,22,25H,5-10,15-17H2,1-4H3,(H,32,38)(H,33,39)(H,34,36)(H3,30,31,41)/t22-,23+,24+,26-,27+,29-,30-,31+,32+;20?,22-,25-/m00/s1. The molecule has 9 N–H and O–H groups in total. The van der Waals surface area contributed by atoms with Crippen LogP contribution in [0, 0.1) is 36.5 Å². The number of aliphatic hydroxyl groups is 1. The second-order valence-electron chi connectivity index (χ2n) is 23.7. The molecule has 0 aliphatic carbocycles. The fraction of sp³-hybridized carbons (Fsp3) is 0.667. The van der Waals surface area contributed by atoms with Crippen LogP contribution in [0.4, 0.5) is 10.5 Å². The topological polar surface area (TPSA) is 300 Å². The van der Waals surface area contributed by atoms with E-state index in [1.54, 1.807) is 80.0 Å². The number of ether oxygens (including phenoxy) is 2. The lowest BCUT2D eigenvalue weighted by molar-refractivity contribution is -0.147. The van der Waals surface area contributed by atoms with Crippen LogP contribution in [-0.4, -0.2) is 170 Å². The van der Waals surface area contributed by atoms with Crippen LogP contribution in [0.1, 0.15) is 150 Å². The normalized spacial score (nSPS) is 18.6. The van der Waals surface area contributed by atoms with Gasteiger partial charge in [-0.25, -0.2) is 4.79 Å². The molecular weight excluding hydrogens is 1090 g/mol. The molecule has 2 aromatic rings. The lowest BCUT2D eigenvalue weighted by Crippen LogP contribution is -2.56. The minimum Gasteiger partial charge on any atom is -0.386 e. The van der Waals surface area contributed by atoms with Crippen molar-refractivity contribution in [1.29, 1.82) is 0 Å². The van der Waals surface area contributed by atoms with Crippen molar-refractivity contribution in [2.45, 2.75) is 194 Å². The number of nitrogens with one attached hydrogen (secondary N) is 6. The molecule has 0 aromatic heterocycles. The number of likely N-dealkylation sites (N-methyl/N-ethyl adjacent to an activating group) is 2. The van der Waals surface area contributed by atoms with Crippen LogP contribution in [0.5, 0.6) is 0 Å². The summed E-state index contributed by atoms with van der Waals surface area (Å²) in [5.41, 5.74) is 7.45. The van der Waals surface area contributed by atoms with Crippen molar-refractivity contribution in [2.24, 2.45) is 35.3 Å². The zero-order valence-electron chi connectivity index (χ0n) is 53.0. The van der Waals surface area contributed by atoms with E-state index in [4.69, 9.17) is 15.2 Å². The number of anilines is 1. The summed E-state index contributed by atoms with van der Waals surface area (Å²) in [4.78, 5) is 119. The third kappa shape index (κ3) is 22.4. The van der Waals surface area contributed by atoms with E-state index in [0.29, 0.717) is 50.9 Å². The van der Waals surface area contributed by atoms with Gasteiger partial charge in [0, 0.05) is 65.3 Å². The van der Waals surface area contributed by atoms with Gasteiger partial charge in [-0.2, -0.15) is 0 Å². The summed E-state index contributed by atoms with van der Waals surface area (Å²) < 4.78 is 11.8. The number of primary amides is 1. The van der Waals surface area contributed by atoms with Gasteiger partial charge in [0.15, 0.2) is 0 Å². The summed E-state index contributed by atoms with van der Waals surface area (Å²) in [6, 6.07) is 12.6. The van der Waals surface area contributed by atoms with E-state index < -0.39 is 60.2 Å². The van der Waals surface area contributed by atoms with Gasteiger partial charge >= 0.3 is 6.03 Å². The SMILES string of the molecule is CC[C@H](C)[C@@H]([C@@H](CC(=O)N1CCC[C@H]1[C@H](OC)[C@@H](C)C(=O)N[C@H](C)[C@@H](O)c1ccccc1)OC)N(C)C(=O)[C@@H](NC)C(C)C.Cc1ccc(NC(=O)[C@H](CCCNC(N)=O)NC(=O)[C@@H](NC(=O)CCCCCN2C(=O)CC(C)C2=O)C(C)C)cc1. The predicted molar refractivity (Wildman–Crippen MR) is 327 cm³/mol. The van der Waals surface area contributed by atoms with Gasteiger partial charge in [0.25, 0.3) is 0 Å². The molecule has 0 radical (unpaired) electrons. The number of unbranched alkanes of at least 4 members (excludes halogenated alkanes) is 2. The fourth-order valence-corrected chi connectivity index (χ4v) is 11.2. The van der Waals surface area contributed by atoms with E-state index in [2.05, 4.69) is 45.7 Å². The molecule has 2 heterocycles. The van der Waals surface area contributed by atoms with Gasteiger partial charge in [-0.05, 0) is 94.9 Å². The number of aliphatic hydroxyl groups excluding tert-OH is 1. The van der Waals surface area contributed by atoms with Crippen LogP contribution in [0.2, 0.25) is 0 Å². The zero-order chi connectivity index (χ0) is 63.7. The minimum absolute atomic E-state index is 0.0211. The summed E-state index contributed by atoms with van der Waals surface area (Å²) in [5, 5.41) is 27.7. The van der Waals surface area contributed by atoms with Crippen molar-refractivity contribution in [3.05, 3.63) is 65.7 Å². The average molecular weight is 1190 g/mol. The number of urea groups is 1. The summed E-state index contributed by atoms with van der Waals surface area (Å²) in [5.74, 6) is -2.71. The Morgan fingerprint density at radius 1 is 0.812 bits per heavy atom. The van der Waals surface area contributed by atoms with Crippen molar-refractivity contribution in [2.75, 3.05) is 53.3 Å². The number of aryl methyl sites for hydroxylation is 1. The van der Waals surface area contributed by atoms with Crippen LogP contribution in [0.15, 0.2) is 54.6 Å². The number of rotatable bonds is 33. The number of carbonyl (C=O) groups is 9. The highest BCUT2D eigenvalue weighted by atomic mass is 16.5. The Kier molecular flexibility index (Phi) is 31.2. The largest absolute Gasteiger partial charge is 0.386 e. The maximum atomic E-state index is 13.9. The molecule has 476 valence electrons. The van der Waals surface area contributed by atoms with Crippen molar-refractivity contribution in [1.82, 2.24) is 41.3 Å². The fourth-order valence-electron chi connectivity index (χ4n) is 11.2. The van der Waals surface area contributed by atoms with Gasteiger partial charge in [0.2, 0.25) is 47.3 Å². The van der Waals surface area contributed by atoms with E-state index in [1.807, 2.05) is 68.1 Å². The first-order chi connectivity index (χ1) is 40.2. The molecule has 10 amide bonds. The molecule has 0 spiro atoms. The van der Waals surface area contributed by atoms with Gasteiger partial charge < -0.3 is 62.0 Å².